The van der Waals surface area contributed by atoms with E-state index < -0.39 is 0 Å². The van der Waals surface area contributed by atoms with Crippen LogP contribution in [0.25, 0.3) is 22.2 Å². The van der Waals surface area contributed by atoms with Crippen molar-refractivity contribution in [1.29, 1.82) is 0 Å². The molecule has 1 aliphatic heterocycles. The van der Waals surface area contributed by atoms with Crippen LogP contribution in [0.2, 0.25) is 0 Å². The molecule has 2 aromatic heterocycles. The first-order chi connectivity index (χ1) is 17.4. The highest BCUT2D eigenvalue weighted by atomic mass is 16.6. The molecule has 10 heteroatoms. The molecule has 0 spiro atoms. The van der Waals surface area contributed by atoms with Crippen molar-refractivity contribution < 1.29 is 9.66 Å². The van der Waals surface area contributed by atoms with E-state index in [1.54, 1.807) is 19.4 Å². The SMILES string of the molecule is COc1cc(N2CCC(N(C)C)C2)c([N+](=O)[O-])cc1Nc1nccc(-c2cn(C)c3ccccc23)n1. The normalized spacial score (nSPS) is 15.6. The molecule has 0 aliphatic carbocycles. The Morgan fingerprint density at radius 3 is 2.75 bits per heavy atom. The van der Waals surface area contributed by atoms with Crippen molar-refractivity contribution in [3.8, 4) is 17.0 Å². The molecule has 3 heterocycles. The third-order valence-corrected chi connectivity index (χ3v) is 6.80. The average molecular weight is 488 g/mol. The molecule has 1 unspecified atom stereocenters. The average Bonchev–Trinajstić information content (AvgIpc) is 3.50. The molecular weight excluding hydrogens is 458 g/mol. The molecule has 4 aromatic rings. The predicted molar refractivity (Wildman–Crippen MR) is 141 cm³/mol. The van der Waals surface area contributed by atoms with Gasteiger partial charge in [-0.05, 0) is 32.6 Å². The molecule has 0 bridgehead atoms. The standard InChI is InChI=1S/C26H29N7O3/c1-30(2)17-10-12-32(15-17)23-14-25(36-4)21(13-24(23)33(34)35)29-26-27-11-9-20(28-26)19-16-31(3)22-8-6-5-7-18(19)22/h5-9,11,13-14,16-17H,10,12,15H2,1-4H3,(H,27,28,29). The first-order valence-corrected chi connectivity index (χ1v) is 11.8. The minimum absolute atomic E-state index is 0.0166. The van der Waals surface area contributed by atoms with E-state index in [9.17, 15) is 10.1 Å². The zero-order valence-corrected chi connectivity index (χ0v) is 20.8. The number of hydrogen-bond donors (Lipinski definition) is 1. The maximum atomic E-state index is 12.0. The smallest absolute Gasteiger partial charge is 0.294 e. The molecule has 5 rings (SSSR count). The summed E-state index contributed by atoms with van der Waals surface area (Å²) in [5.74, 6) is 0.817. The van der Waals surface area contributed by atoms with Gasteiger partial charge in [0.05, 0.1) is 23.4 Å². The summed E-state index contributed by atoms with van der Waals surface area (Å²) in [5.41, 5.74) is 3.84. The highest BCUT2D eigenvalue weighted by Gasteiger charge is 2.30. The number of fused-ring (bicyclic) bond motifs is 1. The number of nitrogens with one attached hydrogen (secondary N) is 1. The van der Waals surface area contributed by atoms with Crippen molar-refractivity contribution in [3.05, 3.63) is 65.0 Å². The summed E-state index contributed by atoms with van der Waals surface area (Å²) < 4.78 is 7.68. The molecule has 186 valence electrons. The second kappa shape index (κ2) is 9.46. The number of nitro benzene ring substituents is 1. The number of rotatable bonds is 7. The number of aromatic nitrogens is 3. The Bertz CT molecular complexity index is 1430. The monoisotopic (exact) mass is 487 g/mol. The van der Waals surface area contributed by atoms with Crippen molar-refractivity contribution in [2.24, 2.45) is 7.05 Å². The maximum absolute atomic E-state index is 12.0. The number of likely N-dealkylation sites (N-methyl/N-ethyl adjacent to an activating group) is 1. The lowest BCUT2D eigenvalue weighted by Crippen LogP contribution is -2.31. The van der Waals surface area contributed by atoms with Crippen LogP contribution >= 0.6 is 0 Å². The molecule has 36 heavy (non-hydrogen) atoms. The summed E-state index contributed by atoms with van der Waals surface area (Å²) in [7, 11) is 7.61. The Morgan fingerprint density at radius 1 is 1.22 bits per heavy atom. The third-order valence-electron chi connectivity index (χ3n) is 6.80. The molecule has 1 fully saturated rings. The second-order valence-corrected chi connectivity index (χ2v) is 9.21. The van der Waals surface area contributed by atoms with Crippen LogP contribution < -0.4 is 15.0 Å². The Morgan fingerprint density at radius 2 is 2.03 bits per heavy atom. The van der Waals surface area contributed by atoms with E-state index in [2.05, 4.69) is 31.9 Å². The van der Waals surface area contributed by atoms with Crippen molar-refractivity contribution in [2.45, 2.75) is 12.5 Å². The van der Waals surface area contributed by atoms with Gasteiger partial charge in [-0.15, -0.1) is 0 Å². The minimum atomic E-state index is -0.351. The molecular formula is C26H29N7O3. The highest BCUT2D eigenvalue weighted by molar-refractivity contribution is 5.95. The summed E-state index contributed by atoms with van der Waals surface area (Å²) in [6, 6.07) is 13.6. The largest absolute Gasteiger partial charge is 0.494 e. The summed E-state index contributed by atoms with van der Waals surface area (Å²) in [6.07, 6.45) is 4.66. The van der Waals surface area contributed by atoms with Gasteiger partial charge in [0.2, 0.25) is 5.95 Å². The van der Waals surface area contributed by atoms with E-state index in [0.717, 1.165) is 41.7 Å². The van der Waals surface area contributed by atoms with Gasteiger partial charge in [0.15, 0.2) is 0 Å². The fourth-order valence-corrected chi connectivity index (χ4v) is 4.84. The van der Waals surface area contributed by atoms with Crippen LogP contribution in [-0.4, -0.2) is 64.7 Å². The number of benzene rings is 2. The molecule has 0 radical (unpaired) electrons. The predicted octanol–water partition coefficient (Wildman–Crippen LogP) is 4.44. The molecule has 2 aromatic carbocycles. The van der Waals surface area contributed by atoms with Gasteiger partial charge in [-0.25, -0.2) is 9.97 Å². The van der Waals surface area contributed by atoms with Gasteiger partial charge in [0.25, 0.3) is 5.69 Å². The summed E-state index contributed by atoms with van der Waals surface area (Å²) >= 11 is 0. The van der Waals surface area contributed by atoms with Gasteiger partial charge < -0.3 is 24.4 Å². The van der Waals surface area contributed by atoms with Crippen LogP contribution in [-0.2, 0) is 7.05 Å². The summed E-state index contributed by atoms with van der Waals surface area (Å²) in [4.78, 5) is 24.9. The van der Waals surface area contributed by atoms with E-state index in [1.165, 1.54) is 6.07 Å². The molecule has 1 aliphatic rings. The van der Waals surface area contributed by atoms with E-state index in [4.69, 9.17) is 9.72 Å². The lowest BCUT2D eigenvalue weighted by atomic mass is 10.1. The Balaban J connectivity index is 1.49. The Labute approximate surface area is 209 Å². The molecule has 1 atom stereocenters. The van der Waals surface area contributed by atoms with Crippen LogP contribution in [0.5, 0.6) is 5.75 Å². The number of aryl methyl sites for hydroxylation is 1. The number of para-hydroxylation sites is 1. The van der Waals surface area contributed by atoms with Gasteiger partial charge in [-0.2, -0.15) is 0 Å². The van der Waals surface area contributed by atoms with Crippen molar-refractivity contribution in [2.75, 3.05) is 44.5 Å². The molecule has 1 N–H and O–H groups in total. The first-order valence-electron chi connectivity index (χ1n) is 11.8. The van der Waals surface area contributed by atoms with E-state index in [0.29, 0.717) is 29.1 Å². The van der Waals surface area contributed by atoms with Crippen LogP contribution in [0, 0.1) is 10.1 Å². The van der Waals surface area contributed by atoms with E-state index in [-0.39, 0.29) is 10.6 Å². The number of methoxy groups -OCH3 is 1. The number of nitro groups is 1. The zero-order valence-electron chi connectivity index (χ0n) is 20.8. The summed E-state index contributed by atoms with van der Waals surface area (Å²) in [5, 5.41) is 16.3. The van der Waals surface area contributed by atoms with Gasteiger partial charge in [0.1, 0.15) is 11.4 Å². The second-order valence-electron chi connectivity index (χ2n) is 9.21. The quantitative estimate of drug-likeness (QED) is 0.302. The van der Waals surface area contributed by atoms with Crippen LogP contribution in [0.15, 0.2) is 54.9 Å². The van der Waals surface area contributed by atoms with Gasteiger partial charge in [-0.3, -0.25) is 10.1 Å². The van der Waals surface area contributed by atoms with Crippen molar-refractivity contribution in [1.82, 2.24) is 19.4 Å². The molecule has 0 amide bonds. The number of nitrogens with zero attached hydrogens (tertiary/aromatic N) is 6. The molecule has 10 nitrogen and oxygen atoms in total. The highest BCUT2D eigenvalue weighted by Crippen LogP contribution is 2.40. The number of anilines is 3. The van der Waals surface area contributed by atoms with E-state index >= 15 is 0 Å². The zero-order chi connectivity index (χ0) is 25.4. The first kappa shape index (κ1) is 23.6. The fraction of sp³-hybridized carbons (Fsp3) is 0.308. The van der Waals surface area contributed by atoms with Gasteiger partial charge in [0, 0.05) is 67.2 Å². The fourth-order valence-electron chi connectivity index (χ4n) is 4.84. The van der Waals surface area contributed by atoms with Crippen molar-refractivity contribution in [3.63, 3.8) is 0 Å². The molecule has 1 saturated heterocycles. The lowest BCUT2D eigenvalue weighted by Gasteiger charge is -2.22. The van der Waals surface area contributed by atoms with Crippen molar-refractivity contribution >= 4 is 33.9 Å². The van der Waals surface area contributed by atoms with Crippen LogP contribution in [0.1, 0.15) is 6.42 Å². The van der Waals surface area contributed by atoms with E-state index in [1.807, 2.05) is 50.4 Å². The number of hydrogen-bond acceptors (Lipinski definition) is 8. The number of ether oxygens (including phenoxy) is 1. The Hall–Kier alpha value is -4.18. The van der Waals surface area contributed by atoms with Gasteiger partial charge >= 0.3 is 0 Å². The lowest BCUT2D eigenvalue weighted by molar-refractivity contribution is -0.384. The maximum Gasteiger partial charge on any atom is 0.294 e. The van der Waals surface area contributed by atoms with Crippen LogP contribution in [0.3, 0.4) is 0 Å². The topological polar surface area (TPSA) is 102 Å². The third kappa shape index (κ3) is 4.31. The Kier molecular flexibility index (Phi) is 6.19. The summed E-state index contributed by atoms with van der Waals surface area (Å²) in [6.45, 7) is 1.47. The minimum Gasteiger partial charge on any atom is -0.494 e. The molecule has 0 saturated carbocycles. The van der Waals surface area contributed by atoms with Gasteiger partial charge in [-0.1, -0.05) is 18.2 Å². The van der Waals surface area contributed by atoms with Crippen LogP contribution in [0.4, 0.5) is 23.0 Å².